The molecule has 1 fully saturated rings. The van der Waals surface area contributed by atoms with Crippen LogP contribution in [-0.4, -0.2) is 48.5 Å². The summed E-state index contributed by atoms with van der Waals surface area (Å²) in [6.07, 6.45) is 1.74. The first-order valence-corrected chi connectivity index (χ1v) is 6.47. The Labute approximate surface area is 116 Å². The van der Waals surface area contributed by atoms with E-state index in [-0.39, 0.29) is 0 Å². The number of rotatable bonds is 4. The second-order valence-corrected chi connectivity index (χ2v) is 4.45. The van der Waals surface area contributed by atoms with Crippen LogP contribution < -0.4 is 4.90 Å². The topological polar surface area (TPSA) is 73.5 Å². The van der Waals surface area contributed by atoms with Crippen molar-refractivity contribution >= 4 is 5.82 Å². The molecule has 0 amide bonds. The molecule has 0 N–H and O–H groups in total. The van der Waals surface area contributed by atoms with Crippen LogP contribution >= 0.6 is 0 Å². The Morgan fingerprint density at radius 2 is 2.15 bits per heavy atom. The fraction of sp³-hybridized carbons (Fsp3) is 0.462. The van der Waals surface area contributed by atoms with Gasteiger partial charge in [-0.15, -0.1) is 0 Å². The normalized spacial score (nSPS) is 15.6. The molecule has 2 aromatic heterocycles. The van der Waals surface area contributed by atoms with Gasteiger partial charge in [0.1, 0.15) is 12.4 Å². The lowest BCUT2D eigenvalue weighted by Crippen LogP contribution is -2.36. The molecule has 20 heavy (non-hydrogen) atoms. The third kappa shape index (κ3) is 2.78. The number of ether oxygens (including phenoxy) is 2. The van der Waals surface area contributed by atoms with Gasteiger partial charge in [-0.2, -0.15) is 4.98 Å². The van der Waals surface area contributed by atoms with E-state index >= 15 is 0 Å². The molecule has 0 bridgehead atoms. The minimum atomic E-state index is 0.336. The molecule has 1 aliphatic rings. The van der Waals surface area contributed by atoms with E-state index in [0.29, 0.717) is 18.3 Å². The summed E-state index contributed by atoms with van der Waals surface area (Å²) in [7, 11) is 1.59. The Morgan fingerprint density at radius 1 is 1.30 bits per heavy atom. The van der Waals surface area contributed by atoms with Crippen LogP contribution in [0.4, 0.5) is 5.82 Å². The van der Waals surface area contributed by atoms with E-state index in [9.17, 15) is 0 Å². The number of pyridine rings is 1. The maximum Gasteiger partial charge on any atom is 0.259 e. The number of hydrogen-bond donors (Lipinski definition) is 0. The molecule has 7 heteroatoms. The minimum absolute atomic E-state index is 0.336. The van der Waals surface area contributed by atoms with Gasteiger partial charge in [0.2, 0.25) is 0 Å². The Morgan fingerprint density at radius 3 is 2.85 bits per heavy atom. The zero-order valence-corrected chi connectivity index (χ0v) is 11.3. The average molecular weight is 276 g/mol. The number of hydrogen-bond acceptors (Lipinski definition) is 7. The van der Waals surface area contributed by atoms with Crippen LogP contribution in [0, 0.1) is 0 Å². The van der Waals surface area contributed by atoms with E-state index in [1.165, 1.54) is 0 Å². The van der Waals surface area contributed by atoms with Crippen molar-refractivity contribution in [3.63, 3.8) is 0 Å². The molecule has 1 aliphatic heterocycles. The van der Waals surface area contributed by atoms with Crippen molar-refractivity contribution in [1.29, 1.82) is 0 Å². The Hall–Kier alpha value is -1.99. The van der Waals surface area contributed by atoms with E-state index in [1.54, 1.807) is 13.3 Å². The molecular formula is C13H16N4O3. The fourth-order valence-electron chi connectivity index (χ4n) is 2.05. The first kappa shape index (κ1) is 13.0. The van der Waals surface area contributed by atoms with Crippen molar-refractivity contribution in [3.05, 3.63) is 24.2 Å². The molecule has 106 valence electrons. The number of methoxy groups -OCH3 is 1. The molecule has 7 nitrogen and oxygen atoms in total. The third-order valence-electron chi connectivity index (χ3n) is 3.07. The molecule has 0 saturated carbocycles. The highest BCUT2D eigenvalue weighted by Crippen LogP contribution is 2.20. The second kappa shape index (κ2) is 5.98. The van der Waals surface area contributed by atoms with Crippen LogP contribution in [0.25, 0.3) is 11.5 Å². The van der Waals surface area contributed by atoms with Crippen molar-refractivity contribution in [1.82, 2.24) is 15.1 Å². The molecule has 1 saturated heterocycles. The van der Waals surface area contributed by atoms with Crippen molar-refractivity contribution in [2.24, 2.45) is 0 Å². The molecule has 2 aromatic rings. The summed E-state index contributed by atoms with van der Waals surface area (Å²) in [5.41, 5.74) is 0.803. The summed E-state index contributed by atoms with van der Waals surface area (Å²) in [5.74, 6) is 1.92. The average Bonchev–Trinajstić information content (AvgIpc) is 2.97. The smallest absolute Gasteiger partial charge is 0.259 e. The van der Waals surface area contributed by atoms with Crippen LogP contribution in [0.15, 0.2) is 22.9 Å². The lowest BCUT2D eigenvalue weighted by atomic mass is 10.2. The van der Waals surface area contributed by atoms with Crippen molar-refractivity contribution in [2.75, 3.05) is 38.3 Å². The highest BCUT2D eigenvalue weighted by molar-refractivity contribution is 5.54. The first-order chi connectivity index (χ1) is 9.86. The summed E-state index contributed by atoms with van der Waals surface area (Å²) in [6.45, 7) is 3.56. The van der Waals surface area contributed by atoms with Gasteiger partial charge in [0, 0.05) is 26.4 Å². The van der Waals surface area contributed by atoms with E-state index in [1.807, 2.05) is 12.1 Å². The Bertz CT molecular complexity index is 549. The zero-order valence-electron chi connectivity index (χ0n) is 11.3. The summed E-state index contributed by atoms with van der Waals surface area (Å²) >= 11 is 0. The highest BCUT2D eigenvalue weighted by Gasteiger charge is 2.14. The monoisotopic (exact) mass is 276 g/mol. The van der Waals surface area contributed by atoms with Gasteiger partial charge in [-0.05, 0) is 12.1 Å². The molecular weight excluding hydrogens is 260 g/mol. The maximum absolute atomic E-state index is 5.33. The van der Waals surface area contributed by atoms with E-state index in [0.717, 1.165) is 37.7 Å². The molecule has 3 rings (SSSR count). The lowest BCUT2D eigenvalue weighted by molar-refractivity contribution is 0.122. The molecule has 0 atom stereocenters. The predicted molar refractivity (Wildman–Crippen MR) is 71.3 cm³/mol. The summed E-state index contributed by atoms with van der Waals surface area (Å²) in [5, 5.41) is 3.83. The Kier molecular flexibility index (Phi) is 3.89. The number of nitrogens with zero attached hydrogens (tertiary/aromatic N) is 4. The van der Waals surface area contributed by atoms with Crippen LogP contribution in [0.3, 0.4) is 0 Å². The van der Waals surface area contributed by atoms with Gasteiger partial charge in [-0.25, -0.2) is 4.98 Å². The molecule has 0 aromatic carbocycles. The number of morpholine rings is 1. The number of aromatic nitrogens is 3. The van der Waals surface area contributed by atoms with E-state index in [2.05, 4.69) is 20.0 Å². The fourth-order valence-corrected chi connectivity index (χ4v) is 2.05. The predicted octanol–water partition coefficient (Wildman–Crippen LogP) is 1.11. The molecule has 0 aliphatic carbocycles. The van der Waals surface area contributed by atoms with Gasteiger partial charge in [0.25, 0.3) is 5.89 Å². The van der Waals surface area contributed by atoms with Gasteiger partial charge >= 0.3 is 0 Å². The maximum atomic E-state index is 5.33. The van der Waals surface area contributed by atoms with Crippen LogP contribution in [-0.2, 0) is 16.1 Å². The first-order valence-electron chi connectivity index (χ1n) is 6.47. The van der Waals surface area contributed by atoms with E-state index < -0.39 is 0 Å². The SMILES string of the molecule is COCc1noc(-c2ccc(N3CCOCC3)nc2)n1. The minimum Gasteiger partial charge on any atom is -0.378 e. The highest BCUT2D eigenvalue weighted by atomic mass is 16.5. The van der Waals surface area contributed by atoms with Crippen molar-refractivity contribution < 1.29 is 14.0 Å². The molecule has 3 heterocycles. The van der Waals surface area contributed by atoms with Crippen molar-refractivity contribution in [2.45, 2.75) is 6.61 Å². The van der Waals surface area contributed by atoms with Gasteiger partial charge in [0.15, 0.2) is 5.82 Å². The van der Waals surface area contributed by atoms with Crippen LogP contribution in [0.2, 0.25) is 0 Å². The lowest BCUT2D eigenvalue weighted by Gasteiger charge is -2.27. The summed E-state index contributed by atoms with van der Waals surface area (Å²) in [4.78, 5) is 10.9. The van der Waals surface area contributed by atoms with Gasteiger partial charge < -0.3 is 18.9 Å². The zero-order chi connectivity index (χ0) is 13.8. The second-order valence-electron chi connectivity index (χ2n) is 4.45. The standard InChI is InChI=1S/C13H16N4O3/c1-18-9-11-15-13(20-16-11)10-2-3-12(14-8-10)17-4-6-19-7-5-17/h2-3,8H,4-7,9H2,1H3. The molecule has 0 radical (unpaired) electrons. The van der Waals surface area contributed by atoms with Crippen LogP contribution in [0.1, 0.15) is 5.82 Å². The quantitative estimate of drug-likeness (QED) is 0.828. The largest absolute Gasteiger partial charge is 0.378 e. The van der Waals surface area contributed by atoms with Crippen LogP contribution in [0.5, 0.6) is 0 Å². The van der Waals surface area contributed by atoms with Gasteiger partial charge in [-0.3, -0.25) is 0 Å². The van der Waals surface area contributed by atoms with Crippen molar-refractivity contribution in [3.8, 4) is 11.5 Å². The number of anilines is 1. The summed E-state index contributed by atoms with van der Waals surface area (Å²) in [6, 6.07) is 3.89. The third-order valence-corrected chi connectivity index (χ3v) is 3.07. The molecule has 0 unspecified atom stereocenters. The van der Waals surface area contributed by atoms with Gasteiger partial charge in [0.05, 0.1) is 18.8 Å². The van der Waals surface area contributed by atoms with E-state index in [4.69, 9.17) is 14.0 Å². The summed E-state index contributed by atoms with van der Waals surface area (Å²) < 4.78 is 15.5. The molecule has 0 spiro atoms. The Balaban J connectivity index is 1.74. The van der Waals surface area contributed by atoms with Gasteiger partial charge in [-0.1, -0.05) is 5.16 Å².